The number of fused-ring (bicyclic) bond motifs is 1. The van der Waals surface area contributed by atoms with E-state index in [0.29, 0.717) is 0 Å². The molecule has 2 aliphatic rings. The van der Waals surface area contributed by atoms with Crippen molar-refractivity contribution in [2.75, 3.05) is 13.2 Å². The maximum atomic E-state index is 12.0. The Labute approximate surface area is 105 Å². The SMILES string of the molecule is CCOC(=O)C(N)CN1C(=O)C2C(C1=O)C2(C)C. The largest absolute Gasteiger partial charge is 0.465 e. The topological polar surface area (TPSA) is 89.7 Å². The third kappa shape index (κ3) is 1.71. The number of rotatable bonds is 4. The number of nitrogens with two attached hydrogens (primary N) is 1. The zero-order valence-corrected chi connectivity index (χ0v) is 10.8. The van der Waals surface area contributed by atoms with Crippen molar-refractivity contribution in [1.29, 1.82) is 0 Å². The Hall–Kier alpha value is -1.43. The van der Waals surface area contributed by atoms with E-state index >= 15 is 0 Å². The number of ether oxygens (including phenoxy) is 1. The van der Waals surface area contributed by atoms with E-state index in [-0.39, 0.29) is 42.2 Å². The van der Waals surface area contributed by atoms with Crippen LogP contribution in [0.15, 0.2) is 0 Å². The van der Waals surface area contributed by atoms with Crippen molar-refractivity contribution < 1.29 is 19.1 Å². The predicted octanol–water partition coefficient (Wildman–Crippen LogP) is -0.482. The molecule has 6 nitrogen and oxygen atoms in total. The second-order valence-corrected chi connectivity index (χ2v) is 5.42. The summed E-state index contributed by atoms with van der Waals surface area (Å²) in [5, 5.41) is 0. The zero-order valence-electron chi connectivity index (χ0n) is 10.8. The van der Waals surface area contributed by atoms with Gasteiger partial charge in [-0.15, -0.1) is 0 Å². The minimum atomic E-state index is -0.960. The van der Waals surface area contributed by atoms with E-state index in [1.165, 1.54) is 0 Å². The lowest BCUT2D eigenvalue weighted by atomic mass is 10.1. The van der Waals surface area contributed by atoms with Crippen LogP contribution in [0, 0.1) is 17.3 Å². The second-order valence-electron chi connectivity index (χ2n) is 5.42. The summed E-state index contributed by atoms with van der Waals surface area (Å²) in [6.07, 6.45) is 0. The molecule has 3 atom stereocenters. The van der Waals surface area contributed by atoms with Crippen molar-refractivity contribution in [1.82, 2.24) is 4.90 Å². The number of carbonyl (C=O) groups excluding carboxylic acids is 3. The molecule has 1 saturated heterocycles. The monoisotopic (exact) mass is 254 g/mol. The van der Waals surface area contributed by atoms with Crippen LogP contribution in [-0.2, 0) is 19.1 Å². The van der Waals surface area contributed by atoms with Gasteiger partial charge >= 0.3 is 5.97 Å². The van der Waals surface area contributed by atoms with E-state index in [1.807, 2.05) is 13.8 Å². The molecule has 1 aliphatic carbocycles. The standard InChI is InChI=1S/C12H18N2O4/c1-4-18-11(17)6(13)5-14-9(15)7-8(10(14)16)12(7,2)3/h6-8H,4-5,13H2,1-3H3. The Kier molecular flexibility index (Phi) is 2.93. The van der Waals surface area contributed by atoms with Gasteiger partial charge in [0.2, 0.25) is 11.8 Å². The number of esters is 1. The Morgan fingerprint density at radius 3 is 2.33 bits per heavy atom. The summed E-state index contributed by atoms with van der Waals surface area (Å²) in [5.74, 6) is -1.48. The fourth-order valence-electron chi connectivity index (χ4n) is 2.70. The number of hydrogen-bond acceptors (Lipinski definition) is 5. The lowest BCUT2D eigenvalue weighted by Crippen LogP contribution is -2.47. The van der Waals surface area contributed by atoms with Gasteiger partial charge in [-0.2, -0.15) is 0 Å². The smallest absolute Gasteiger partial charge is 0.324 e. The second kappa shape index (κ2) is 4.05. The molecular weight excluding hydrogens is 236 g/mol. The van der Waals surface area contributed by atoms with E-state index in [4.69, 9.17) is 10.5 Å². The molecule has 100 valence electrons. The summed E-state index contributed by atoms with van der Waals surface area (Å²) >= 11 is 0. The summed E-state index contributed by atoms with van der Waals surface area (Å²) in [6.45, 7) is 5.63. The maximum absolute atomic E-state index is 12.0. The molecule has 3 unspecified atom stereocenters. The van der Waals surface area contributed by atoms with Crippen molar-refractivity contribution in [3.05, 3.63) is 0 Å². The van der Waals surface area contributed by atoms with E-state index in [9.17, 15) is 14.4 Å². The number of piperidine rings is 1. The van der Waals surface area contributed by atoms with Crippen LogP contribution in [0.25, 0.3) is 0 Å². The minimum absolute atomic E-state index is 0.0837. The van der Waals surface area contributed by atoms with Gasteiger partial charge < -0.3 is 10.5 Å². The van der Waals surface area contributed by atoms with E-state index < -0.39 is 12.0 Å². The van der Waals surface area contributed by atoms with Crippen LogP contribution in [0.4, 0.5) is 0 Å². The van der Waals surface area contributed by atoms with Crippen LogP contribution in [0.2, 0.25) is 0 Å². The van der Waals surface area contributed by atoms with Crippen molar-refractivity contribution in [3.63, 3.8) is 0 Å². The quantitative estimate of drug-likeness (QED) is 0.540. The predicted molar refractivity (Wildman–Crippen MR) is 62.1 cm³/mol. The highest BCUT2D eigenvalue weighted by Crippen LogP contribution is 2.63. The van der Waals surface area contributed by atoms with Crippen LogP contribution >= 0.6 is 0 Å². The molecule has 1 saturated carbocycles. The molecule has 2 N–H and O–H groups in total. The average molecular weight is 254 g/mol. The highest BCUT2D eigenvalue weighted by Gasteiger charge is 2.72. The molecule has 6 heteroatoms. The Morgan fingerprint density at radius 2 is 1.89 bits per heavy atom. The molecule has 0 aromatic heterocycles. The molecule has 0 aromatic carbocycles. The van der Waals surface area contributed by atoms with Gasteiger partial charge in [0.25, 0.3) is 0 Å². The summed E-state index contributed by atoms with van der Waals surface area (Å²) in [5.41, 5.74) is 5.38. The molecule has 0 aromatic rings. The third-order valence-corrected chi connectivity index (χ3v) is 3.86. The van der Waals surface area contributed by atoms with Crippen LogP contribution in [0.3, 0.4) is 0 Å². The lowest BCUT2D eigenvalue weighted by molar-refractivity contribution is -0.148. The molecule has 0 spiro atoms. The van der Waals surface area contributed by atoms with E-state index in [1.54, 1.807) is 6.92 Å². The van der Waals surface area contributed by atoms with E-state index in [2.05, 4.69) is 0 Å². The molecule has 2 fully saturated rings. The van der Waals surface area contributed by atoms with Gasteiger partial charge in [0.05, 0.1) is 25.0 Å². The zero-order chi connectivity index (χ0) is 13.7. The van der Waals surface area contributed by atoms with Crippen LogP contribution in [0.5, 0.6) is 0 Å². The molecule has 18 heavy (non-hydrogen) atoms. The average Bonchev–Trinajstić information content (AvgIpc) is 2.76. The van der Waals surface area contributed by atoms with Gasteiger partial charge in [-0.05, 0) is 12.3 Å². The number of hydrogen-bond donors (Lipinski definition) is 1. The first-order chi connectivity index (χ1) is 8.32. The van der Waals surface area contributed by atoms with Gasteiger partial charge in [-0.1, -0.05) is 13.8 Å². The maximum Gasteiger partial charge on any atom is 0.324 e. The Morgan fingerprint density at radius 1 is 1.39 bits per heavy atom. The third-order valence-electron chi connectivity index (χ3n) is 3.86. The molecule has 2 amide bonds. The van der Waals surface area contributed by atoms with E-state index in [0.717, 1.165) is 4.90 Å². The van der Waals surface area contributed by atoms with Crippen LogP contribution in [0.1, 0.15) is 20.8 Å². The van der Waals surface area contributed by atoms with Crippen molar-refractivity contribution in [3.8, 4) is 0 Å². The Bertz CT molecular complexity index is 394. The van der Waals surface area contributed by atoms with Gasteiger partial charge in [0, 0.05) is 0 Å². The number of nitrogens with zero attached hydrogens (tertiary/aromatic N) is 1. The molecule has 1 heterocycles. The first kappa shape index (κ1) is 13.0. The first-order valence-corrected chi connectivity index (χ1v) is 6.09. The first-order valence-electron chi connectivity index (χ1n) is 6.09. The number of imide groups is 1. The summed E-state index contributed by atoms with van der Waals surface area (Å²) in [7, 11) is 0. The molecule has 1 aliphatic heterocycles. The van der Waals surface area contributed by atoms with Crippen LogP contribution < -0.4 is 5.73 Å². The van der Waals surface area contributed by atoms with Crippen molar-refractivity contribution in [2.45, 2.75) is 26.8 Å². The fourth-order valence-corrected chi connectivity index (χ4v) is 2.70. The summed E-state index contributed by atoms with van der Waals surface area (Å²) in [4.78, 5) is 36.4. The lowest BCUT2D eigenvalue weighted by Gasteiger charge is -2.22. The van der Waals surface area contributed by atoms with Crippen molar-refractivity contribution >= 4 is 17.8 Å². The number of carbonyl (C=O) groups is 3. The highest BCUT2D eigenvalue weighted by molar-refractivity contribution is 6.10. The normalized spacial score (nSPS) is 30.1. The highest BCUT2D eigenvalue weighted by atomic mass is 16.5. The number of likely N-dealkylation sites (tertiary alicyclic amines) is 1. The Balaban J connectivity index is 1.99. The minimum Gasteiger partial charge on any atom is -0.465 e. The van der Waals surface area contributed by atoms with Gasteiger partial charge in [-0.3, -0.25) is 19.3 Å². The van der Waals surface area contributed by atoms with Gasteiger partial charge in [0.15, 0.2) is 0 Å². The number of amides is 2. The summed E-state index contributed by atoms with van der Waals surface area (Å²) < 4.78 is 4.75. The van der Waals surface area contributed by atoms with Gasteiger partial charge in [-0.25, -0.2) is 0 Å². The van der Waals surface area contributed by atoms with Crippen LogP contribution in [-0.4, -0.2) is 41.9 Å². The molecule has 2 rings (SSSR count). The molecule has 0 radical (unpaired) electrons. The molecular formula is C12H18N2O4. The van der Waals surface area contributed by atoms with Gasteiger partial charge in [0.1, 0.15) is 6.04 Å². The summed E-state index contributed by atoms with van der Waals surface area (Å²) in [6, 6.07) is -0.960. The fraction of sp³-hybridized carbons (Fsp3) is 0.750. The van der Waals surface area contributed by atoms with Crippen molar-refractivity contribution in [2.24, 2.45) is 23.0 Å². The molecule has 0 bridgehead atoms.